The lowest BCUT2D eigenvalue weighted by Gasteiger charge is -2.17. The number of nitrogens with zero attached hydrogens (tertiary/aromatic N) is 2. The van der Waals surface area contributed by atoms with E-state index in [1.807, 2.05) is 0 Å². The van der Waals surface area contributed by atoms with Gasteiger partial charge in [0.2, 0.25) is 11.8 Å². The van der Waals surface area contributed by atoms with Crippen LogP contribution in [0.5, 0.6) is 0 Å². The molecule has 1 aromatic carbocycles. The molecule has 0 radical (unpaired) electrons. The molecule has 0 atom stereocenters. The lowest BCUT2D eigenvalue weighted by molar-refractivity contribution is -0.136. The van der Waals surface area contributed by atoms with Crippen LogP contribution >= 0.6 is 11.6 Å². The highest BCUT2D eigenvalue weighted by Gasteiger charge is 2.22. The van der Waals surface area contributed by atoms with Crippen molar-refractivity contribution in [1.29, 1.82) is 0 Å². The van der Waals surface area contributed by atoms with Crippen LogP contribution in [-0.2, 0) is 14.3 Å². The normalized spacial score (nSPS) is 10.3. The minimum atomic E-state index is -0.830. The highest BCUT2D eigenvalue weighted by Crippen LogP contribution is 2.20. The Labute approximate surface area is 154 Å². The number of hydrogen-bond acceptors (Lipinski definition) is 7. The molecule has 2 rings (SSSR count). The Morgan fingerprint density at radius 1 is 1.35 bits per heavy atom. The smallest absolute Gasteiger partial charge is 0.346 e. The first-order chi connectivity index (χ1) is 12.3. The molecule has 10 heteroatoms. The molecular formula is C16H17ClN4O5. The summed E-state index contributed by atoms with van der Waals surface area (Å²) in [6.07, 6.45) is 0. The van der Waals surface area contributed by atoms with Gasteiger partial charge in [-0.1, -0.05) is 28.9 Å². The van der Waals surface area contributed by atoms with Gasteiger partial charge in [0.15, 0.2) is 6.61 Å². The van der Waals surface area contributed by atoms with Crippen molar-refractivity contribution in [3.8, 4) is 0 Å². The number of esters is 1. The van der Waals surface area contributed by atoms with Gasteiger partial charge < -0.3 is 25.2 Å². The Morgan fingerprint density at radius 2 is 2.04 bits per heavy atom. The van der Waals surface area contributed by atoms with E-state index in [0.29, 0.717) is 10.7 Å². The molecule has 0 fully saturated rings. The van der Waals surface area contributed by atoms with Crippen molar-refractivity contribution in [2.24, 2.45) is 0 Å². The summed E-state index contributed by atoms with van der Waals surface area (Å²) in [6.45, 7) is 0.720. The number of halogens is 1. The number of ether oxygens (including phenoxy) is 1. The van der Waals surface area contributed by atoms with E-state index in [4.69, 9.17) is 22.1 Å². The van der Waals surface area contributed by atoms with Crippen LogP contribution < -0.4 is 11.1 Å². The number of likely N-dealkylation sites (N-methyl/N-ethyl adjacent to an activating group) is 1. The van der Waals surface area contributed by atoms with Gasteiger partial charge in [-0.25, -0.2) is 4.79 Å². The van der Waals surface area contributed by atoms with Crippen LogP contribution in [0.1, 0.15) is 16.1 Å². The first kappa shape index (κ1) is 19.3. The van der Waals surface area contributed by atoms with Crippen molar-refractivity contribution in [3.05, 3.63) is 40.5 Å². The van der Waals surface area contributed by atoms with Crippen LogP contribution in [0.25, 0.3) is 0 Å². The topological polar surface area (TPSA) is 128 Å². The van der Waals surface area contributed by atoms with Gasteiger partial charge in [-0.15, -0.1) is 0 Å². The maximum atomic E-state index is 12.0. The number of amides is 2. The predicted octanol–water partition coefficient (Wildman–Crippen LogP) is 1.47. The molecule has 0 aliphatic carbocycles. The van der Waals surface area contributed by atoms with Crippen molar-refractivity contribution in [1.82, 2.24) is 10.1 Å². The molecule has 3 N–H and O–H groups in total. The molecule has 0 aliphatic heterocycles. The van der Waals surface area contributed by atoms with Gasteiger partial charge in [-0.2, -0.15) is 0 Å². The van der Waals surface area contributed by atoms with E-state index in [2.05, 4.69) is 15.0 Å². The molecule has 1 heterocycles. The molecule has 0 bridgehead atoms. The number of para-hydroxylation sites is 1. The number of carbonyl (C=O) groups is 3. The average Bonchev–Trinajstić information content (AvgIpc) is 2.93. The minimum absolute atomic E-state index is 0.0306. The zero-order chi connectivity index (χ0) is 19.3. The van der Waals surface area contributed by atoms with E-state index >= 15 is 0 Å². The maximum Gasteiger partial charge on any atom is 0.346 e. The largest absolute Gasteiger partial charge is 0.452 e. The minimum Gasteiger partial charge on any atom is -0.452 e. The van der Waals surface area contributed by atoms with E-state index < -0.39 is 24.4 Å². The lowest BCUT2D eigenvalue weighted by atomic mass is 10.2. The first-order valence-corrected chi connectivity index (χ1v) is 7.84. The Kier molecular flexibility index (Phi) is 6.18. The Balaban J connectivity index is 1.84. The molecule has 0 spiro atoms. The van der Waals surface area contributed by atoms with Gasteiger partial charge >= 0.3 is 5.97 Å². The number of benzene rings is 1. The van der Waals surface area contributed by atoms with Gasteiger partial charge in [-0.05, 0) is 19.1 Å². The monoisotopic (exact) mass is 380 g/mol. The van der Waals surface area contributed by atoms with Gasteiger partial charge in [0, 0.05) is 7.05 Å². The fourth-order valence-electron chi connectivity index (χ4n) is 2.00. The third-order valence-corrected chi connectivity index (χ3v) is 3.70. The zero-order valence-corrected chi connectivity index (χ0v) is 14.9. The summed E-state index contributed by atoms with van der Waals surface area (Å²) in [6, 6.07) is 6.71. The molecule has 2 aromatic rings. The lowest BCUT2D eigenvalue weighted by Crippen LogP contribution is -2.37. The van der Waals surface area contributed by atoms with E-state index in [0.717, 1.165) is 4.90 Å². The molecular weight excluding hydrogens is 364 g/mol. The van der Waals surface area contributed by atoms with E-state index in [9.17, 15) is 14.4 Å². The maximum absolute atomic E-state index is 12.0. The SMILES string of the molecule is Cc1noc(N)c1C(=O)OCC(=O)N(C)CC(=O)Nc1ccccc1Cl. The van der Waals surface area contributed by atoms with Crippen molar-refractivity contribution in [3.63, 3.8) is 0 Å². The quantitative estimate of drug-likeness (QED) is 0.726. The number of nitrogen functional groups attached to an aromatic ring is 1. The average molecular weight is 381 g/mol. The van der Waals surface area contributed by atoms with Gasteiger partial charge in [0.25, 0.3) is 5.91 Å². The highest BCUT2D eigenvalue weighted by atomic mass is 35.5. The predicted molar refractivity (Wildman–Crippen MR) is 93.7 cm³/mol. The van der Waals surface area contributed by atoms with Crippen molar-refractivity contribution >= 4 is 41.0 Å². The van der Waals surface area contributed by atoms with Gasteiger partial charge in [-0.3, -0.25) is 9.59 Å². The van der Waals surface area contributed by atoms with E-state index in [1.54, 1.807) is 24.3 Å². The third-order valence-electron chi connectivity index (χ3n) is 3.37. The standard InChI is InChI=1S/C16H17ClN4O5/c1-9-14(15(18)26-20-9)16(24)25-8-13(23)21(2)7-12(22)19-11-6-4-3-5-10(11)17/h3-6H,7-8,18H2,1-2H3,(H,19,22). The molecule has 0 aliphatic rings. The summed E-state index contributed by atoms with van der Waals surface area (Å²) < 4.78 is 9.54. The second-order valence-electron chi connectivity index (χ2n) is 5.36. The van der Waals surface area contributed by atoms with Crippen LogP contribution in [0, 0.1) is 6.92 Å². The molecule has 0 saturated heterocycles. The first-order valence-electron chi connectivity index (χ1n) is 7.46. The van der Waals surface area contributed by atoms with Crippen LogP contribution in [0.15, 0.2) is 28.8 Å². The van der Waals surface area contributed by atoms with Crippen molar-refractivity contribution in [2.45, 2.75) is 6.92 Å². The molecule has 0 unspecified atom stereocenters. The second-order valence-corrected chi connectivity index (χ2v) is 5.77. The zero-order valence-electron chi connectivity index (χ0n) is 14.1. The summed E-state index contributed by atoms with van der Waals surface area (Å²) in [4.78, 5) is 37.0. The van der Waals surface area contributed by atoms with E-state index in [-0.39, 0.29) is 23.7 Å². The number of hydrogen-bond donors (Lipinski definition) is 2. The molecule has 26 heavy (non-hydrogen) atoms. The van der Waals surface area contributed by atoms with Crippen molar-refractivity contribution < 1.29 is 23.6 Å². The summed E-state index contributed by atoms with van der Waals surface area (Å²) in [5, 5.41) is 6.49. The van der Waals surface area contributed by atoms with E-state index in [1.165, 1.54) is 14.0 Å². The highest BCUT2D eigenvalue weighted by molar-refractivity contribution is 6.33. The summed E-state index contributed by atoms with van der Waals surface area (Å²) in [7, 11) is 1.40. The molecule has 2 amide bonds. The molecule has 0 saturated carbocycles. The van der Waals surface area contributed by atoms with Gasteiger partial charge in [0.05, 0.1) is 22.9 Å². The van der Waals surface area contributed by atoms with Crippen molar-refractivity contribution in [2.75, 3.05) is 31.2 Å². The molecule has 138 valence electrons. The summed E-state index contributed by atoms with van der Waals surface area (Å²) in [5.74, 6) is -2.03. The Morgan fingerprint density at radius 3 is 2.65 bits per heavy atom. The fourth-order valence-corrected chi connectivity index (χ4v) is 2.18. The number of nitrogens with one attached hydrogen (secondary N) is 1. The number of aromatic nitrogens is 1. The number of anilines is 2. The summed E-state index contributed by atoms with van der Waals surface area (Å²) in [5.41, 5.74) is 6.13. The van der Waals surface area contributed by atoms with Crippen LogP contribution in [0.2, 0.25) is 5.02 Å². The van der Waals surface area contributed by atoms with Crippen LogP contribution in [-0.4, -0.2) is 48.0 Å². The second kappa shape index (κ2) is 8.34. The fraction of sp³-hybridized carbons (Fsp3) is 0.250. The summed E-state index contributed by atoms with van der Waals surface area (Å²) >= 11 is 5.95. The van der Waals surface area contributed by atoms with Crippen LogP contribution in [0.4, 0.5) is 11.6 Å². The Bertz CT molecular complexity index is 816. The van der Waals surface area contributed by atoms with Crippen LogP contribution in [0.3, 0.4) is 0 Å². The number of rotatable bonds is 6. The third kappa shape index (κ3) is 4.73. The Hall–Kier alpha value is -3.07. The molecule has 9 nitrogen and oxygen atoms in total. The number of aryl methyl sites for hydroxylation is 1. The number of nitrogens with two attached hydrogens (primary N) is 1. The number of carbonyl (C=O) groups excluding carboxylic acids is 3. The molecule has 1 aromatic heterocycles. The van der Waals surface area contributed by atoms with Gasteiger partial charge in [0.1, 0.15) is 5.56 Å².